The van der Waals surface area contributed by atoms with E-state index >= 15 is 0 Å². The van der Waals surface area contributed by atoms with Gasteiger partial charge in [-0.2, -0.15) is 0 Å². The normalized spacial score (nSPS) is 13.5. The molecule has 3 aromatic rings. The van der Waals surface area contributed by atoms with Crippen LogP contribution >= 0.6 is 0 Å². The SMILES string of the molecule is CN1c2ccc(C(C)(C)C)cc2-c2ccccc2-c2cc(C(C)(C)C)ccc21. The summed E-state index contributed by atoms with van der Waals surface area (Å²) in [5.41, 5.74) is 10.8. The van der Waals surface area contributed by atoms with Crippen molar-refractivity contribution in [2.75, 3.05) is 11.9 Å². The average molecular weight is 370 g/mol. The van der Waals surface area contributed by atoms with Gasteiger partial charge >= 0.3 is 0 Å². The summed E-state index contributed by atoms with van der Waals surface area (Å²) in [6, 6.07) is 22.8. The monoisotopic (exact) mass is 369 g/mol. The van der Waals surface area contributed by atoms with E-state index in [1.54, 1.807) is 0 Å². The number of rotatable bonds is 0. The Morgan fingerprint density at radius 3 is 1.29 bits per heavy atom. The second-order valence-corrected chi connectivity index (χ2v) is 10.1. The van der Waals surface area contributed by atoms with E-state index in [0.29, 0.717) is 0 Å². The molecule has 1 aliphatic rings. The van der Waals surface area contributed by atoms with Crippen molar-refractivity contribution in [3.63, 3.8) is 0 Å². The van der Waals surface area contributed by atoms with Crippen molar-refractivity contribution in [2.45, 2.75) is 52.4 Å². The summed E-state index contributed by atoms with van der Waals surface area (Å²) in [6.45, 7) is 13.7. The van der Waals surface area contributed by atoms with Crippen LogP contribution in [0.1, 0.15) is 52.7 Å². The van der Waals surface area contributed by atoms with Crippen LogP contribution in [0.25, 0.3) is 22.3 Å². The Kier molecular flexibility index (Phi) is 4.19. The molecule has 0 aliphatic carbocycles. The molecule has 0 saturated carbocycles. The van der Waals surface area contributed by atoms with Crippen molar-refractivity contribution in [3.05, 3.63) is 71.8 Å². The number of nitrogens with zero attached hydrogens (tertiary/aromatic N) is 1. The second-order valence-electron chi connectivity index (χ2n) is 10.1. The van der Waals surface area contributed by atoms with Gasteiger partial charge in [-0.3, -0.25) is 0 Å². The predicted octanol–water partition coefficient (Wildman–Crippen LogP) is 7.70. The van der Waals surface area contributed by atoms with Crippen LogP contribution in [0.3, 0.4) is 0 Å². The molecule has 1 heterocycles. The van der Waals surface area contributed by atoms with Crippen LogP contribution in [0.15, 0.2) is 60.7 Å². The zero-order valence-electron chi connectivity index (χ0n) is 18.2. The fourth-order valence-corrected chi connectivity index (χ4v) is 4.10. The number of hydrogen-bond acceptors (Lipinski definition) is 1. The molecule has 0 amide bonds. The maximum absolute atomic E-state index is 2.39. The average Bonchev–Trinajstić information content (AvgIpc) is 2.74. The molecule has 0 unspecified atom stereocenters. The first-order chi connectivity index (χ1) is 13.1. The maximum atomic E-state index is 2.39. The number of benzene rings is 3. The van der Waals surface area contributed by atoms with E-state index < -0.39 is 0 Å². The van der Waals surface area contributed by atoms with Crippen molar-refractivity contribution < 1.29 is 0 Å². The van der Waals surface area contributed by atoms with Crippen LogP contribution in [0.5, 0.6) is 0 Å². The van der Waals surface area contributed by atoms with Crippen LogP contribution < -0.4 is 4.90 Å². The fraction of sp³-hybridized carbons (Fsp3) is 0.333. The van der Waals surface area contributed by atoms with Crippen LogP contribution in [-0.2, 0) is 10.8 Å². The Hall–Kier alpha value is -2.54. The van der Waals surface area contributed by atoms with Gasteiger partial charge in [0.05, 0.1) is 0 Å². The van der Waals surface area contributed by atoms with Crippen LogP contribution in [-0.4, -0.2) is 7.05 Å². The molecule has 0 aromatic heterocycles. The van der Waals surface area contributed by atoms with E-state index in [1.165, 1.54) is 44.8 Å². The highest BCUT2D eigenvalue weighted by atomic mass is 15.1. The lowest BCUT2D eigenvalue weighted by molar-refractivity contribution is 0.590. The lowest BCUT2D eigenvalue weighted by Gasteiger charge is -2.26. The summed E-state index contributed by atoms with van der Waals surface area (Å²) in [5.74, 6) is 0. The quantitative estimate of drug-likeness (QED) is 0.392. The lowest BCUT2D eigenvalue weighted by Crippen LogP contribution is -2.15. The Morgan fingerprint density at radius 1 is 0.536 bits per heavy atom. The highest BCUT2D eigenvalue weighted by Crippen LogP contribution is 2.48. The summed E-state index contributed by atoms with van der Waals surface area (Å²) in [6.07, 6.45) is 0. The zero-order chi connectivity index (χ0) is 20.3. The molecule has 3 aromatic carbocycles. The third-order valence-corrected chi connectivity index (χ3v) is 5.96. The van der Waals surface area contributed by atoms with Gasteiger partial charge in [-0.15, -0.1) is 0 Å². The first-order valence-electron chi connectivity index (χ1n) is 10.2. The van der Waals surface area contributed by atoms with E-state index in [2.05, 4.69) is 114 Å². The Bertz CT molecular complexity index is 960. The van der Waals surface area contributed by atoms with Gasteiger partial charge in [0, 0.05) is 29.5 Å². The van der Waals surface area contributed by atoms with Gasteiger partial charge in [0.25, 0.3) is 0 Å². The minimum absolute atomic E-state index is 0.126. The molecule has 144 valence electrons. The van der Waals surface area contributed by atoms with Crippen LogP contribution in [0, 0.1) is 0 Å². The highest BCUT2D eigenvalue weighted by Gasteiger charge is 2.26. The summed E-state index contributed by atoms with van der Waals surface area (Å²) >= 11 is 0. The van der Waals surface area contributed by atoms with Gasteiger partial charge in [0.2, 0.25) is 0 Å². The van der Waals surface area contributed by atoms with E-state index in [0.717, 1.165) is 0 Å². The molecule has 1 nitrogen and oxygen atoms in total. The lowest BCUT2D eigenvalue weighted by atomic mass is 9.83. The highest BCUT2D eigenvalue weighted by molar-refractivity contribution is 5.99. The van der Waals surface area contributed by atoms with Crippen molar-refractivity contribution >= 4 is 11.4 Å². The molecule has 0 atom stereocenters. The van der Waals surface area contributed by atoms with Gasteiger partial charge in [-0.1, -0.05) is 77.9 Å². The smallest absolute Gasteiger partial charge is 0.0488 e. The molecule has 4 rings (SSSR count). The van der Waals surface area contributed by atoms with Crippen molar-refractivity contribution in [1.82, 2.24) is 0 Å². The van der Waals surface area contributed by atoms with Gasteiger partial charge in [-0.25, -0.2) is 0 Å². The maximum Gasteiger partial charge on any atom is 0.0488 e. The van der Waals surface area contributed by atoms with E-state index in [4.69, 9.17) is 0 Å². The van der Waals surface area contributed by atoms with Crippen LogP contribution in [0.2, 0.25) is 0 Å². The minimum Gasteiger partial charge on any atom is -0.344 e. The molecule has 1 heteroatoms. The molecular weight excluding hydrogens is 338 g/mol. The summed E-state index contributed by atoms with van der Waals surface area (Å²) in [4.78, 5) is 2.35. The Morgan fingerprint density at radius 2 is 0.929 bits per heavy atom. The molecule has 1 aliphatic heterocycles. The summed E-state index contributed by atoms with van der Waals surface area (Å²) < 4.78 is 0. The molecule has 0 bridgehead atoms. The number of fused-ring (bicyclic) bond motifs is 5. The van der Waals surface area contributed by atoms with Crippen LogP contribution in [0.4, 0.5) is 11.4 Å². The molecule has 0 N–H and O–H groups in total. The number of hydrogen-bond donors (Lipinski definition) is 0. The topological polar surface area (TPSA) is 3.24 Å². The second kappa shape index (κ2) is 6.24. The zero-order valence-corrected chi connectivity index (χ0v) is 18.2. The molecular formula is C27H31N. The first-order valence-corrected chi connectivity index (χ1v) is 10.2. The van der Waals surface area contributed by atoms with E-state index in [1.807, 2.05) is 0 Å². The van der Waals surface area contributed by atoms with E-state index in [-0.39, 0.29) is 10.8 Å². The van der Waals surface area contributed by atoms with Gasteiger partial charge < -0.3 is 4.90 Å². The van der Waals surface area contributed by atoms with Gasteiger partial charge in [0.1, 0.15) is 0 Å². The predicted molar refractivity (Wildman–Crippen MR) is 123 cm³/mol. The largest absolute Gasteiger partial charge is 0.344 e. The van der Waals surface area contributed by atoms with Crippen molar-refractivity contribution in [1.29, 1.82) is 0 Å². The van der Waals surface area contributed by atoms with E-state index in [9.17, 15) is 0 Å². The summed E-state index contributed by atoms with van der Waals surface area (Å²) in [7, 11) is 2.19. The first kappa shape index (κ1) is 18.8. The molecule has 0 fully saturated rings. The van der Waals surface area contributed by atoms with Gasteiger partial charge in [-0.05, 0) is 57.3 Å². The number of anilines is 2. The molecule has 0 radical (unpaired) electrons. The van der Waals surface area contributed by atoms with Gasteiger partial charge in [0.15, 0.2) is 0 Å². The Balaban J connectivity index is 2.05. The molecule has 0 spiro atoms. The van der Waals surface area contributed by atoms with Crippen molar-refractivity contribution in [3.8, 4) is 22.3 Å². The molecule has 0 saturated heterocycles. The Labute approximate surface area is 170 Å². The third-order valence-electron chi connectivity index (χ3n) is 5.96. The summed E-state index contributed by atoms with van der Waals surface area (Å²) in [5, 5.41) is 0. The molecule has 28 heavy (non-hydrogen) atoms. The third kappa shape index (κ3) is 3.03. The minimum atomic E-state index is 0.126. The fourth-order valence-electron chi connectivity index (χ4n) is 4.10. The standard InChI is InChI=1S/C27H31N/c1-26(2,3)18-12-14-24-22(16-18)20-10-8-9-11-21(20)23-17-19(27(4,5)6)13-15-25(23)28(24)7/h8-17H,1-7H3. The van der Waals surface area contributed by atoms with Crippen molar-refractivity contribution in [2.24, 2.45) is 0 Å².